The van der Waals surface area contributed by atoms with Crippen molar-refractivity contribution in [3.63, 3.8) is 0 Å². The molecule has 8 heteroatoms. The summed E-state index contributed by atoms with van der Waals surface area (Å²) in [6.45, 7) is 7.09. The molecule has 1 atom stereocenters. The molecular weight excluding hydrogens is 391 g/mol. The van der Waals surface area contributed by atoms with Gasteiger partial charge in [-0.2, -0.15) is 0 Å². The minimum Gasteiger partial charge on any atom is -0.370 e. The van der Waals surface area contributed by atoms with Crippen LogP contribution in [0.4, 0.5) is 0 Å². The number of sulfonamides is 1. The van der Waals surface area contributed by atoms with Crippen molar-refractivity contribution in [3.8, 4) is 0 Å². The van der Waals surface area contributed by atoms with E-state index in [-0.39, 0.29) is 36.6 Å². The molecule has 0 aromatic rings. The molecule has 0 spiro atoms. The van der Waals surface area contributed by atoms with Gasteiger partial charge in [0.25, 0.3) is 0 Å². The molecule has 4 N–H and O–H groups in total. The number of hydrogen-bond acceptors (Lipinski definition) is 3. The van der Waals surface area contributed by atoms with Gasteiger partial charge in [0.15, 0.2) is 5.96 Å². The number of halogens is 1. The lowest BCUT2D eigenvalue weighted by Gasteiger charge is -2.15. The third-order valence-corrected chi connectivity index (χ3v) is 3.30. The zero-order chi connectivity index (χ0) is 14.9. The van der Waals surface area contributed by atoms with Crippen LogP contribution in [-0.2, 0) is 10.0 Å². The predicted molar refractivity (Wildman–Crippen MR) is 96.0 cm³/mol. The first kappa shape index (κ1) is 22.2. The van der Waals surface area contributed by atoms with Crippen molar-refractivity contribution in [2.45, 2.75) is 46.1 Å². The lowest BCUT2D eigenvalue weighted by atomic mass is 10.0. The van der Waals surface area contributed by atoms with Gasteiger partial charge in [-0.1, -0.05) is 26.7 Å². The highest BCUT2D eigenvalue weighted by atomic mass is 127. The van der Waals surface area contributed by atoms with Crippen LogP contribution in [0, 0.1) is 5.92 Å². The Morgan fingerprint density at radius 2 is 1.85 bits per heavy atom. The van der Waals surface area contributed by atoms with Crippen LogP contribution < -0.4 is 15.8 Å². The van der Waals surface area contributed by atoms with Crippen molar-refractivity contribution in [2.75, 3.05) is 19.3 Å². The molecule has 0 aliphatic heterocycles. The van der Waals surface area contributed by atoms with Crippen LogP contribution in [0.15, 0.2) is 4.99 Å². The highest BCUT2D eigenvalue weighted by Crippen LogP contribution is 2.07. The highest BCUT2D eigenvalue weighted by Gasteiger charge is 2.04. The monoisotopic (exact) mass is 420 g/mol. The number of aliphatic imine (C=N–C) groups is 1. The van der Waals surface area contributed by atoms with Gasteiger partial charge >= 0.3 is 0 Å². The van der Waals surface area contributed by atoms with E-state index in [2.05, 4.69) is 35.8 Å². The van der Waals surface area contributed by atoms with Crippen molar-refractivity contribution in [1.82, 2.24) is 10.0 Å². The van der Waals surface area contributed by atoms with Gasteiger partial charge < -0.3 is 11.1 Å². The Morgan fingerprint density at radius 1 is 1.25 bits per heavy atom. The number of rotatable bonds is 9. The SMILES string of the molecule is CC(C)CCCC(C)NC(N)=NCCNS(C)(=O)=O.I. The number of nitrogens with zero attached hydrogens (tertiary/aromatic N) is 1. The van der Waals surface area contributed by atoms with E-state index in [0.717, 1.165) is 25.0 Å². The Kier molecular flexibility index (Phi) is 12.8. The summed E-state index contributed by atoms with van der Waals surface area (Å²) in [4.78, 5) is 4.07. The molecule has 0 bridgehead atoms. The van der Waals surface area contributed by atoms with Gasteiger partial charge in [0.1, 0.15) is 0 Å². The topological polar surface area (TPSA) is 96.6 Å². The van der Waals surface area contributed by atoms with E-state index in [4.69, 9.17) is 5.73 Å². The van der Waals surface area contributed by atoms with E-state index in [1.165, 1.54) is 6.42 Å². The Hall–Kier alpha value is -0.0900. The maximum Gasteiger partial charge on any atom is 0.208 e. The fourth-order valence-corrected chi connectivity index (χ4v) is 2.07. The van der Waals surface area contributed by atoms with Gasteiger partial charge in [0.2, 0.25) is 10.0 Å². The fraction of sp³-hybridized carbons (Fsp3) is 0.917. The highest BCUT2D eigenvalue weighted by molar-refractivity contribution is 14.0. The summed E-state index contributed by atoms with van der Waals surface area (Å²) in [5.74, 6) is 1.09. The van der Waals surface area contributed by atoms with Gasteiger partial charge in [-0.3, -0.25) is 4.99 Å². The first-order valence-electron chi connectivity index (χ1n) is 6.71. The smallest absolute Gasteiger partial charge is 0.208 e. The summed E-state index contributed by atoms with van der Waals surface area (Å²) in [6.07, 6.45) is 4.54. The lowest BCUT2D eigenvalue weighted by Crippen LogP contribution is -2.39. The standard InChI is InChI=1S/C12H28N4O2S.HI/c1-10(2)6-5-7-11(3)16-12(13)14-8-9-15-19(4,17)18;/h10-11,15H,5-9H2,1-4H3,(H3,13,14,16);1H. The summed E-state index contributed by atoms with van der Waals surface area (Å²) in [7, 11) is -3.15. The molecule has 0 radical (unpaired) electrons. The fourth-order valence-electron chi connectivity index (χ4n) is 1.61. The zero-order valence-electron chi connectivity index (χ0n) is 12.8. The van der Waals surface area contributed by atoms with Crippen LogP contribution in [0.1, 0.15) is 40.0 Å². The van der Waals surface area contributed by atoms with E-state index in [1.54, 1.807) is 0 Å². The molecule has 0 saturated heterocycles. The maximum absolute atomic E-state index is 10.8. The average Bonchev–Trinajstić information content (AvgIpc) is 2.22. The molecule has 0 fully saturated rings. The summed E-state index contributed by atoms with van der Waals surface area (Å²) in [6, 6.07) is 0.283. The normalized spacial score (nSPS) is 13.9. The minimum absolute atomic E-state index is 0. The van der Waals surface area contributed by atoms with Crippen LogP contribution in [0.5, 0.6) is 0 Å². The molecule has 0 saturated carbocycles. The van der Waals surface area contributed by atoms with Gasteiger partial charge in [-0.05, 0) is 19.3 Å². The molecule has 6 nitrogen and oxygen atoms in total. The maximum atomic E-state index is 10.8. The van der Waals surface area contributed by atoms with Crippen LogP contribution in [-0.4, -0.2) is 39.8 Å². The van der Waals surface area contributed by atoms with Crippen molar-refractivity contribution in [2.24, 2.45) is 16.6 Å². The first-order valence-corrected chi connectivity index (χ1v) is 8.61. The summed E-state index contributed by atoms with van der Waals surface area (Å²) in [5, 5.41) is 3.10. The predicted octanol–water partition coefficient (Wildman–Crippen LogP) is 1.27. The second-order valence-corrected chi connectivity index (χ2v) is 7.14. The number of nitrogens with two attached hydrogens (primary N) is 1. The van der Waals surface area contributed by atoms with Crippen molar-refractivity contribution in [1.29, 1.82) is 0 Å². The van der Waals surface area contributed by atoms with Crippen LogP contribution in [0.3, 0.4) is 0 Å². The van der Waals surface area contributed by atoms with Gasteiger partial charge in [0, 0.05) is 12.6 Å². The lowest BCUT2D eigenvalue weighted by molar-refractivity contribution is 0.493. The van der Waals surface area contributed by atoms with Gasteiger partial charge in [-0.15, -0.1) is 24.0 Å². The van der Waals surface area contributed by atoms with Crippen LogP contribution in [0.25, 0.3) is 0 Å². The minimum atomic E-state index is -3.15. The third-order valence-electron chi connectivity index (χ3n) is 2.57. The molecule has 0 aliphatic carbocycles. The van der Waals surface area contributed by atoms with Gasteiger partial charge in [0.05, 0.1) is 12.8 Å². The Balaban J connectivity index is 0. The molecule has 0 amide bonds. The van der Waals surface area contributed by atoms with Crippen molar-refractivity contribution in [3.05, 3.63) is 0 Å². The molecular formula is C12H29IN4O2S. The molecule has 20 heavy (non-hydrogen) atoms. The Labute approximate surface area is 140 Å². The molecule has 0 aromatic carbocycles. The molecule has 1 unspecified atom stereocenters. The zero-order valence-corrected chi connectivity index (χ0v) is 16.0. The number of hydrogen-bond donors (Lipinski definition) is 3. The summed E-state index contributed by atoms with van der Waals surface area (Å²) < 4.78 is 24.0. The van der Waals surface area contributed by atoms with Crippen LogP contribution >= 0.6 is 24.0 Å². The molecule has 122 valence electrons. The second-order valence-electron chi connectivity index (χ2n) is 5.30. The first-order chi connectivity index (χ1) is 8.70. The number of nitrogens with one attached hydrogen (secondary N) is 2. The Bertz CT molecular complexity index is 372. The second kappa shape index (κ2) is 11.6. The van der Waals surface area contributed by atoms with E-state index < -0.39 is 10.0 Å². The number of guanidine groups is 1. The van der Waals surface area contributed by atoms with E-state index in [9.17, 15) is 8.42 Å². The third kappa shape index (κ3) is 16.0. The quantitative estimate of drug-likeness (QED) is 0.227. The van der Waals surface area contributed by atoms with Crippen LogP contribution in [0.2, 0.25) is 0 Å². The largest absolute Gasteiger partial charge is 0.370 e. The molecule has 0 heterocycles. The van der Waals surface area contributed by atoms with E-state index in [1.807, 2.05) is 0 Å². The van der Waals surface area contributed by atoms with E-state index in [0.29, 0.717) is 12.5 Å². The van der Waals surface area contributed by atoms with Crippen molar-refractivity contribution >= 4 is 40.0 Å². The van der Waals surface area contributed by atoms with Crippen molar-refractivity contribution < 1.29 is 8.42 Å². The summed E-state index contributed by atoms with van der Waals surface area (Å²) in [5.41, 5.74) is 5.72. The van der Waals surface area contributed by atoms with E-state index >= 15 is 0 Å². The molecule has 0 aliphatic rings. The summed E-state index contributed by atoms with van der Waals surface area (Å²) >= 11 is 0. The molecule has 0 rings (SSSR count). The average molecular weight is 420 g/mol. The Morgan fingerprint density at radius 3 is 2.35 bits per heavy atom. The molecule has 0 aromatic heterocycles. The van der Waals surface area contributed by atoms with Gasteiger partial charge in [-0.25, -0.2) is 13.1 Å².